The summed E-state index contributed by atoms with van der Waals surface area (Å²) < 4.78 is 11.5. The first-order chi connectivity index (χ1) is 10.3. The predicted octanol–water partition coefficient (Wildman–Crippen LogP) is 2.81. The molecule has 2 aliphatic rings. The van der Waals surface area contributed by atoms with E-state index in [9.17, 15) is 0 Å². The van der Waals surface area contributed by atoms with E-state index in [4.69, 9.17) is 9.15 Å². The normalized spacial score (nSPS) is 24.1. The highest BCUT2D eigenvalue weighted by molar-refractivity contribution is 8.01. The molecule has 4 rings (SSSR count). The summed E-state index contributed by atoms with van der Waals surface area (Å²) in [6.45, 7) is 3.28. The van der Waals surface area contributed by atoms with Gasteiger partial charge >= 0.3 is 0 Å². The number of ether oxygens (including phenoxy) is 1. The van der Waals surface area contributed by atoms with Crippen LogP contribution in [-0.2, 0) is 6.54 Å². The lowest BCUT2D eigenvalue weighted by molar-refractivity contribution is 0.0907. The largest absolute Gasteiger partial charge is 0.473 e. The fourth-order valence-corrected chi connectivity index (χ4v) is 4.78. The summed E-state index contributed by atoms with van der Waals surface area (Å²) in [6, 6.07) is 7.86. The SMILES string of the molecule is c1ccc(OC2CSC3(C2)CN(Cc2ccoc2)C3)nc1. The molecule has 0 N–H and O–H groups in total. The minimum atomic E-state index is 0.293. The molecule has 0 bridgehead atoms. The Morgan fingerprint density at radius 2 is 2.33 bits per heavy atom. The number of hydrogen-bond acceptors (Lipinski definition) is 5. The van der Waals surface area contributed by atoms with Gasteiger partial charge in [0.05, 0.1) is 12.5 Å². The summed E-state index contributed by atoms with van der Waals surface area (Å²) in [6.07, 6.45) is 6.77. The lowest BCUT2D eigenvalue weighted by Gasteiger charge is -2.47. The van der Waals surface area contributed by atoms with Crippen LogP contribution in [0.3, 0.4) is 0 Å². The molecule has 0 aromatic carbocycles. The van der Waals surface area contributed by atoms with Crippen LogP contribution in [0.4, 0.5) is 0 Å². The van der Waals surface area contributed by atoms with Crippen LogP contribution in [-0.4, -0.2) is 39.6 Å². The summed E-state index contributed by atoms with van der Waals surface area (Å²) >= 11 is 2.06. The quantitative estimate of drug-likeness (QED) is 0.868. The van der Waals surface area contributed by atoms with E-state index in [1.54, 1.807) is 12.5 Å². The van der Waals surface area contributed by atoms with Crippen molar-refractivity contribution in [3.8, 4) is 5.88 Å². The Hall–Kier alpha value is -1.46. The van der Waals surface area contributed by atoms with Crippen LogP contribution < -0.4 is 4.74 Å². The van der Waals surface area contributed by atoms with Crippen LogP contribution in [0.1, 0.15) is 12.0 Å². The molecule has 21 heavy (non-hydrogen) atoms. The zero-order valence-electron chi connectivity index (χ0n) is 11.8. The second kappa shape index (κ2) is 5.39. The summed E-state index contributed by atoms with van der Waals surface area (Å²) in [5.41, 5.74) is 1.26. The average Bonchev–Trinajstić information content (AvgIpc) is 3.10. The highest BCUT2D eigenvalue weighted by Gasteiger charge is 2.49. The topological polar surface area (TPSA) is 38.5 Å². The van der Waals surface area contributed by atoms with Gasteiger partial charge in [-0.3, -0.25) is 4.90 Å². The maximum Gasteiger partial charge on any atom is 0.213 e. The van der Waals surface area contributed by atoms with Crippen molar-refractivity contribution < 1.29 is 9.15 Å². The van der Waals surface area contributed by atoms with E-state index in [-0.39, 0.29) is 0 Å². The molecule has 1 atom stereocenters. The van der Waals surface area contributed by atoms with Crippen LogP contribution in [0.2, 0.25) is 0 Å². The maximum atomic E-state index is 5.98. The van der Waals surface area contributed by atoms with Gasteiger partial charge < -0.3 is 9.15 Å². The third kappa shape index (κ3) is 2.80. The Balaban J connectivity index is 1.29. The van der Waals surface area contributed by atoms with E-state index < -0.39 is 0 Å². The van der Waals surface area contributed by atoms with E-state index in [0.717, 1.165) is 37.7 Å². The number of furan rings is 1. The van der Waals surface area contributed by atoms with Gasteiger partial charge in [-0.1, -0.05) is 6.07 Å². The van der Waals surface area contributed by atoms with E-state index in [1.165, 1.54) is 5.56 Å². The number of pyridine rings is 1. The average molecular weight is 302 g/mol. The molecular weight excluding hydrogens is 284 g/mol. The minimum Gasteiger partial charge on any atom is -0.473 e. The summed E-state index contributed by atoms with van der Waals surface area (Å²) in [5.74, 6) is 1.81. The van der Waals surface area contributed by atoms with Gasteiger partial charge in [-0.25, -0.2) is 4.98 Å². The predicted molar refractivity (Wildman–Crippen MR) is 82.4 cm³/mol. The van der Waals surface area contributed by atoms with Crippen LogP contribution >= 0.6 is 11.8 Å². The number of hydrogen-bond donors (Lipinski definition) is 0. The molecule has 110 valence electrons. The first-order valence-corrected chi connectivity index (χ1v) is 8.25. The summed E-state index contributed by atoms with van der Waals surface area (Å²) in [7, 11) is 0. The molecule has 4 heterocycles. The molecule has 2 saturated heterocycles. The van der Waals surface area contributed by atoms with Gasteiger partial charge in [0.2, 0.25) is 5.88 Å². The molecule has 2 fully saturated rings. The van der Waals surface area contributed by atoms with E-state index in [0.29, 0.717) is 10.9 Å². The highest BCUT2D eigenvalue weighted by Crippen LogP contribution is 2.46. The fourth-order valence-electron chi connectivity index (χ4n) is 3.21. The molecule has 0 amide bonds. The van der Waals surface area contributed by atoms with Gasteiger partial charge in [-0.2, -0.15) is 0 Å². The van der Waals surface area contributed by atoms with E-state index >= 15 is 0 Å². The molecule has 2 aliphatic heterocycles. The van der Waals surface area contributed by atoms with Crippen LogP contribution in [0.25, 0.3) is 0 Å². The zero-order chi connectivity index (χ0) is 14.1. The third-order valence-electron chi connectivity index (χ3n) is 4.11. The van der Waals surface area contributed by atoms with Crippen molar-refractivity contribution >= 4 is 11.8 Å². The van der Waals surface area contributed by atoms with Crippen LogP contribution in [0, 0.1) is 0 Å². The minimum absolute atomic E-state index is 0.293. The number of likely N-dealkylation sites (tertiary alicyclic amines) is 1. The van der Waals surface area contributed by atoms with Crippen molar-refractivity contribution in [2.75, 3.05) is 18.8 Å². The van der Waals surface area contributed by atoms with Crippen molar-refractivity contribution in [1.82, 2.24) is 9.88 Å². The fraction of sp³-hybridized carbons (Fsp3) is 0.438. The molecule has 0 saturated carbocycles. The van der Waals surface area contributed by atoms with Crippen molar-refractivity contribution in [3.63, 3.8) is 0 Å². The standard InChI is InChI=1S/C16H18N2O2S/c1-2-5-17-15(3-1)20-14-7-16(21-10-14)11-18(12-16)8-13-4-6-19-9-13/h1-6,9,14H,7-8,10-12H2. The lowest BCUT2D eigenvalue weighted by Crippen LogP contribution is -2.58. The lowest BCUT2D eigenvalue weighted by atomic mass is 9.92. The van der Waals surface area contributed by atoms with Gasteiger partial charge in [0.1, 0.15) is 6.10 Å². The molecule has 1 unspecified atom stereocenters. The Morgan fingerprint density at radius 1 is 1.38 bits per heavy atom. The molecule has 4 nitrogen and oxygen atoms in total. The van der Waals surface area contributed by atoms with Gasteiger partial charge in [-0.15, -0.1) is 11.8 Å². The number of aromatic nitrogens is 1. The molecule has 2 aromatic rings. The zero-order valence-corrected chi connectivity index (χ0v) is 12.6. The summed E-state index contributed by atoms with van der Waals surface area (Å²) in [4.78, 5) is 6.72. The molecule has 5 heteroatoms. The Labute approximate surface area is 128 Å². The molecule has 0 radical (unpaired) electrons. The Morgan fingerprint density at radius 3 is 3.10 bits per heavy atom. The Bertz CT molecular complexity index is 582. The highest BCUT2D eigenvalue weighted by atomic mass is 32.2. The van der Waals surface area contributed by atoms with Gasteiger partial charge in [-0.05, 0) is 12.1 Å². The molecule has 1 spiro atoms. The van der Waals surface area contributed by atoms with Crippen LogP contribution in [0.15, 0.2) is 47.4 Å². The summed E-state index contributed by atoms with van der Waals surface area (Å²) in [5, 5.41) is 0. The Kier molecular flexibility index (Phi) is 3.39. The van der Waals surface area contributed by atoms with Gasteiger partial charge in [0, 0.05) is 54.4 Å². The van der Waals surface area contributed by atoms with Crippen molar-refractivity contribution in [1.29, 1.82) is 0 Å². The number of thioether (sulfide) groups is 1. The number of rotatable bonds is 4. The molecule has 0 aliphatic carbocycles. The second-order valence-electron chi connectivity index (χ2n) is 5.88. The third-order valence-corrected chi connectivity index (χ3v) is 5.69. The number of nitrogens with zero attached hydrogens (tertiary/aromatic N) is 2. The van der Waals surface area contributed by atoms with Gasteiger partial charge in [0.25, 0.3) is 0 Å². The van der Waals surface area contributed by atoms with Gasteiger partial charge in [0.15, 0.2) is 0 Å². The van der Waals surface area contributed by atoms with Crippen LogP contribution in [0.5, 0.6) is 5.88 Å². The maximum absolute atomic E-state index is 5.98. The molecular formula is C16H18N2O2S. The van der Waals surface area contributed by atoms with Crippen molar-refractivity contribution in [2.45, 2.75) is 23.8 Å². The van der Waals surface area contributed by atoms with Crippen molar-refractivity contribution in [2.24, 2.45) is 0 Å². The first-order valence-electron chi connectivity index (χ1n) is 7.26. The van der Waals surface area contributed by atoms with E-state index in [2.05, 4.69) is 21.6 Å². The first kappa shape index (κ1) is 13.2. The molecule has 2 aromatic heterocycles. The van der Waals surface area contributed by atoms with E-state index in [1.807, 2.05) is 30.5 Å². The monoisotopic (exact) mass is 302 g/mol. The smallest absolute Gasteiger partial charge is 0.213 e. The second-order valence-corrected chi connectivity index (χ2v) is 7.37. The van der Waals surface area contributed by atoms with Crippen molar-refractivity contribution in [3.05, 3.63) is 48.6 Å².